The van der Waals surface area contributed by atoms with Crippen LogP contribution in [0.15, 0.2) is 30.6 Å². The fraction of sp³-hybridized carbons (Fsp3) is 0.267. The number of nitrogens with zero attached hydrogens (tertiary/aromatic N) is 3. The van der Waals surface area contributed by atoms with Crippen molar-refractivity contribution >= 4 is 11.6 Å². The molecule has 1 amide bonds. The van der Waals surface area contributed by atoms with E-state index in [2.05, 4.69) is 10.4 Å². The number of hydrogen-bond acceptors (Lipinski definition) is 3. The molecule has 0 spiro atoms. The van der Waals surface area contributed by atoms with Crippen LogP contribution in [0.3, 0.4) is 0 Å². The number of alkyl halides is 6. The Morgan fingerprint density at radius 1 is 1.19 bits per heavy atom. The first-order chi connectivity index (χ1) is 12.0. The van der Waals surface area contributed by atoms with Gasteiger partial charge < -0.3 is 5.32 Å². The van der Waals surface area contributed by atoms with E-state index in [1.165, 1.54) is 6.07 Å². The third kappa shape index (κ3) is 4.75. The van der Waals surface area contributed by atoms with Crippen molar-refractivity contribution in [2.75, 3.05) is 5.32 Å². The van der Waals surface area contributed by atoms with Gasteiger partial charge in [-0.25, -0.2) is 0 Å². The molecule has 0 saturated carbocycles. The van der Waals surface area contributed by atoms with Gasteiger partial charge in [0.15, 0.2) is 0 Å². The maximum absolute atomic E-state index is 12.9. The Labute approximate surface area is 142 Å². The molecule has 138 valence electrons. The number of aryl methyl sites for hydroxylation is 1. The molecule has 0 unspecified atom stereocenters. The second-order valence-electron chi connectivity index (χ2n) is 5.16. The summed E-state index contributed by atoms with van der Waals surface area (Å²) in [6.07, 6.45) is -8.31. The fourth-order valence-corrected chi connectivity index (χ4v) is 2.03. The largest absolute Gasteiger partial charge is 0.419 e. The molecule has 0 bridgehead atoms. The molecule has 0 radical (unpaired) electrons. The van der Waals surface area contributed by atoms with Gasteiger partial charge in [-0.1, -0.05) is 0 Å². The number of amides is 1. The summed E-state index contributed by atoms with van der Waals surface area (Å²) in [6.45, 7) is -0.190. The smallest absolute Gasteiger partial charge is 0.326 e. The fourth-order valence-electron chi connectivity index (χ4n) is 2.03. The Morgan fingerprint density at radius 3 is 2.42 bits per heavy atom. The standard InChI is InChI=1S/C15H10F6N4O/c16-14(17,18)10-7-23-25(8-10)4-3-13(26)24-11-2-1-9(6-22)12(5-11)15(19,20)21/h1-2,5,7-8H,3-4H2,(H,24,26). The number of aromatic nitrogens is 2. The van der Waals surface area contributed by atoms with Crippen molar-refractivity contribution in [3.63, 3.8) is 0 Å². The van der Waals surface area contributed by atoms with Crippen molar-refractivity contribution in [3.8, 4) is 6.07 Å². The van der Waals surface area contributed by atoms with Gasteiger partial charge in [0, 0.05) is 24.8 Å². The summed E-state index contributed by atoms with van der Waals surface area (Å²) >= 11 is 0. The van der Waals surface area contributed by atoms with Crippen LogP contribution in [0.1, 0.15) is 23.1 Å². The number of benzene rings is 1. The van der Waals surface area contributed by atoms with E-state index in [1.54, 1.807) is 0 Å². The average Bonchev–Trinajstić information content (AvgIpc) is 3.01. The van der Waals surface area contributed by atoms with Crippen molar-refractivity contribution in [3.05, 3.63) is 47.3 Å². The molecule has 0 saturated heterocycles. The summed E-state index contributed by atoms with van der Waals surface area (Å²) in [5, 5.41) is 14.4. The average molecular weight is 376 g/mol. The van der Waals surface area contributed by atoms with Crippen molar-refractivity contribution in [1.82, 2.24) is 9.78 Å². The van der Waals surface area contributed by atoms with Gasteiger partial charge in [0.1, 0.15) is 0 Å². The zero-order valence-corrected chi connectivity index (χ0v) is 12.8. The predicted molar refractivity (Wildman–Crippen MR) is 76.6 cm³/mol. The molecule has 0 fully saturated rings. The molecule has 1 aromatic heterocycles. The van der Waals surface area contributed by atoms with Crippen LogP contribution in [0.5, 0.6) is 0 Å². The Kier molecular flexibility index (Phi) is 5.25. The van der Waals surface area contributed by atoms with E-state index in [0.717, 1.165) is 23.0 Å². The first kappa shape index (κ1) is 19.3. The highest BCUT2D eigenvalue weighted by molar-refractivity contribution is 5.90. The van der Waals surface area contributed by atoms with Gasteiger partial charge >= 0.3 is 12.4 Å². The number of nitriles is 1. The molecule has 2 rings (SSSR count). The Morgan fingerprint density at radius 2 is 1.88 bits per heavy atom. The van der Waals surface area contributed by atoms with Crippen LogP contribution < -0.4 is 5.32 Å². The maximum atomic E-state index is 12.9. The lowest BCUT2D eigenvalue weighted by molar-refractivity contribution is -0.138. The lowest BCUT2D eigenvalue weighted by Crippen LogP contribution is -2.16. The molecular weight excluding hydrogens is 366 g/mol. The molecule has 2 aromatic rings. The molecule has 0 aliphatic heterocycles. The second kappa shape index (κ2) is 7.07. The van der Waals surface area contributed by atoms with E-state index in [0.29, 0.717) is 12.3 Å². The Bertz CT molecular complexity index is 847. The minimum atomic E-state index is -4.77. The number of nitrogens with one attached hydrogen (secondary N) is 1. The molecule has 1 aromatic carbocycles. The first-order valence-electron chi connectivity index (χ1n) is 7.01. The van der Waals surface area contributed by atoms with Crippen molar-refractivity contribution < 1.29 is 31.1 Å². The van der Waals surface area contributed by atoms with Crippen LogP contribution in [-0.2, 0) is 23.7 Å². The first-order valence-corrected chi connectivity index (χ1v) is 7.01. The predicted octanol–water partition coefficient (Wildman–Crippen LogP) is 3.82. The highest BCUT2D eigenvalue weighted by Crippen LogP contribution is 2.33. The van der Waals surface area contributed by atoms with Gasteiger partial charge in [-0.15, -0.1) is 0 Å². The van der Waals surface area contributed by atoms with Gasteiger partial charge in [-0.3, -0.25) is 9.48 Å². The van der Waals surface area contributed by atoms with Gasteiger partial charge in [0.05, 0.1) is 29.0 Å². The molecule has 0 aliphatic carbocycles. The Hall–Kier alpha value is -3.03. The van der Waals surface area contributed by atoms with E-state index < -0.39 is 35.0 Å². The van der Waals surface area contributed by atoms with Crippen molar-refractivity contribution in [2.24, 2.45) is 0 Å². The molecule has 1 N–H and O–H groups in total. The minimum absolute atomic E-state index is 0.183. The van der Waals surface area contributed by atoms with Crippen LogP contribution >= 0.6 is 0 Å². The van der Waals surface area contributed by atoms with Crippen LogP contribution in [-0.4, -0.2) is 15.7 Å². The summed E-state index contributed by atoms with van der Waals surface area (Å²) in [6, 6.07) is 4.07. The monoisotopic (exact) mass is 376 g/mol. The zero-order valence-electron chi connectivity index (χ0n) is 12.8. The molecule has 1 heterocycles. The van der Waals surface area contributed by atoms with Gasteiger partial charge in [-0.2, -0.15) is 36.7 Å². The van der Waals surface area contributed by atoms with E-state index in [1.807, 2.05) is 0 Å². The molecule has 0 aliphatic rings. The summed E-state index contributed by atoms with van der Waals surface area (Å²) in [5.74, 6) is -0.716. The number of carbonyl (C=O) groups is 1. The SMILES string of the molecule is N#Cc1ccc(NC(=O)CCn2cc(C(F)(F)F)cn2)cc1C(F)(F)F. The summed E-state index contributed by atoms with van der Waals surface area (Å²) in [4.78, 5) is 11.8. The number of hydrogen-bond donors (Lipinski definition) is 1. The molecule has 0 atom stereocenters. The van der Waals surface area contributed by atoms with E-state index >= 15 is 0 Å². The van der Waals surface area contributed by atoms with Crippen molar-refractivity contribution in [1.29, 1.82) is 5.26 Å². The van der Waals surface area contributed by atoms with Crippen LogP contribution in [0.2, 0.25) is 0 Å². The third-order valence-corrected chi connectivity index (χ3v) is 3.26. The normalized spacial score (nSPS) is 11.9. The molecule has 11 heteroatoms. The lowest BCUT2D eigenvalue weighted by atomic mass is 10.1. The molecular formula is C15H10F6N4O. The van der Waals surface area contributed by atoms with E-state index in [-0.39, 0.29) is 18.7 Å². The molecule has 5 nitrogen and oxygen atoms in total. The number of anilines is 1. The number of rotatable bonds is 4. The van der Waals surface area contributed by atoms with E-state index in [9.17, 15) is 31.1 Å². The van der Waals surface area contributed by atoms with Gasteiger partial charge in [0.2, 0.25) is 5.91 Å². The summed E-state index contributed by atoms with van der Waals surface area (Å²) in [5.41, 5.74) is -2.94. The van der Waals surface area contributed by atoms with Crippen LogP contribution in [0.25, 0.3) is 0 Å². The molecule has 26 heavy (non-hydrogen) atoms. The summed E-state index contributed by atoms with van der Waals surface area (Å²) in [7, 11) is 0. The highest BCUT2D eigenvalue weighted by atomic mass is 19.4. The minimum Gasteiger partial charge on any atom is -0.326 e. The lowest BCUT2D eigenvalue weighted by Gasteiger charge is -2.11. The quantitative estimate of drug-likeness (QED) is 0.825. The second-order valence-corrected chi connectivity index (χ2v) is 5.16. The number of carbonyl (C=O) groups excluding carboxylic acids is 1. The highest BCUT2D eigenvalue weighted by Gasteiger charge is 2.34. The van der Waals surface area contributed by atoms with Crippen molar-refractivity contribution in [2.45, 2.75) is 25.3 Å². The van der Waals surface area contributed by atoms with E-state index in [4.69, 9.17) is 5.26 Å². The summed E-state index contributed by atoms with van der Waals surface area (Å²) < 4.78 is 76.8. The van der Waals surface area contributed by atoms with Gasteiger partial charge in [-0.05, 0) is 18.2 Å². The van der Waals surface area contributed by atoms with Crippen LogP contribution in [0.4, 0.5) is 32.0 Å². The topological polar surface area (TPSA) is 70.7 Å². The van der Waals surface area contributed by atoms with Gasteiger partial charge in [0.25, 0.3) is 0 Å². The van der Waals surface area contributed by atoms with Crippen LogP contribution in [0, 0.1) is 11.3 Å². The maximum Gasteiger partial charge on any atom is 0.419 e. The number of halogens is 6. The zero-order chi connectivity index (χ0) is 19.5. The Balaban J connectivity index is 2.02. The third-order valence-electron chi connectivity index (χ3n) is 3.26.